The van der Waals surface area contributed by atoms with Crippen LogP contribution in [0.25, 0.3) is 11.3 Å². The molecule has 4 aromatic rings. The molecular weight excluding hydrogens is 443 g/mol. The molecule has 35 heavy (non-hydrogen) atoms. The number of piperazine rings is 1. The summed E-state index contributed by atoms with van der Waals surface area (Å²) >= 11 is 0. The molecule has 0 bridgehead atoms. The predicted molar refractivity (Wildman–Crippen MR) is 131 cm³/mol. The van der Waals surface area contributed by atoms with Crippen LogP contribution < -0.4 is 0 Å². The molecule has 1 aromatic carbocycles. The molecule has 2 aliphatic rings. The Morgan fingerprint density at radius 2 is 1.74 bits per heavy atom. The van der Waals surface area contributed by atoms with E-state index in [1.807, 2.05) is 38.4 Å². The van der Waals surface area contributed by atoms with Crippen LogP contribution >= 0.6 is 0 Å². The van der Waals surface area contributed by atoms with Crippen molar-refractivity contribution in [2.75, 3.05) is 26.2 Å². The molecule has 0 N–H and O–H groups in total. The number of halogens is 1. The molecule has 1 amide bonds. The van der Waals surface area contributed by atoms with Gasteiger partial charge in [-0.15, -0.1) is 0 Å². The van der Waals surface area contributed by atoms with Crippen molar-refractivity contribution < 1.29 is 9.18 Å². The van der Waals surface area contributed by atoms with Crippen molar-refractivity contribution in [3.8, 4) is 5.69 Å². The van der Waals surface area contributed by atoms with Gasteiger partial charge in [0.05, 0.1) is 11.4 Å². The van der Waals surface area contributed by atoms with E-state index in [1.54, 1.807) is 12.1 Å². The fraction of sp³-hybridized carbons (Fsp3) is 0.370. The van der Waals surface area contributed by atoms with Crippen LogP contribution in [0.1, 0.15) is 46.7 Å². The van der Waals surface area contributed by atoms with Gasteiger partial charge in [-0.25, -0.2) is 14.1 Å². The highest BCUT2D eigenvalue weighted by Crippen LogP contribution is 2.27. The molecule has 1 aliphatic heterocycles. The Labute approximate surface area is 203 Å². The van der Waals surface area contributed by atoms with Gasteiger partial charge in [0.15, 0.2) is 5.69 Å². The van der Waals surface area contributed by atoms with E-state index < -0.39 is 0 Å². The average Bonchev–Trinajstić information content (AvgIpc) is 3.36. The molecule has 0 spiro atoms. The first-order chi connectivity index (χ1) is 17.2. The molecule has 4 heterocycles. The number of carbonyl (C=O) groups is 1. The quantitative estimate of drug-likeness (QED) is 0.423. The fourth-order valence-electron chi connectivity index (χ4n) is 5.29. The predicted octanol–water partition coefficient (Wildman–Crippen LogP) is 3.89. The number of pyridine rings is 1. The molecule has 6 rings (SSSR count). The number of aromatic nitrogens is 4. The summed E-state index contributed by atoms with van der Waals surface area (Å²) in [6.07, 6.45) is 9.13. The van der Waals surface area contributed by atoms with E-state index >= 15 is 0 Å². The lowest BCUT2D eigenvalue weighted by Crippen LogP contribution is -2.48. The number of fused-ring (bicyclic) bond motifs is 2. The Morgan fingerprint density at radius 3 is 2.54 bits per heavy atom. The first-order valence-corrected chi connectivity index (χ1v) is 12.5. The lowest BCUT2D eigenvalue weighted by atomic mass is 10.1. The van der Waals surface area contributed by atoms with Gasteiger partial charge >= 0.3 is 0 Å². The maximum absolute atomic E-state index is 13.6. The summed E-state index contributed by atoms with van der Waals surface area (Å²) in [5.74, 6) is -0.263. The van der Waals surface area contributed by atoms with Crippen molar-refractivity contribution in [1.82, 2.24) is 29.0 Å². The first-order valence-electron chi connectivity index (χ1n) is 12.5. The summed E-state index contributed by atoms with van der Waals surface area (Å²) in [5, 5.41) is 4.80. The monoisotopic (exact) mass is 472 g/mol. The Kier molecular flexibility index (Phi) is 5.82. The van der Waals surface area contributed by atoms with Gasteiger partial charge in [0.2, 0.25) is 0 Å². The maximum atomic E-state index is 13.6. The molecule has 0 unspecified atom stereocenters. The van der Waals surface area contributed by atoms with Crippen LogP contribution in [0, 0.1) is 5.82 Å². The smallest absolute Gasteiger partial charge is 0.274 e. The van der Waals surface area contributed by atoms with Crippen LogP contribution in [-0.2, 0) is 19.4 Å². The summed E-state index contributed by atoms with van der Waals surface area (Å²) in [5.41, 5.74) is 5.54. The number of hydrogen-bond donors (Lipinski definition) is 0. The van der Waals surface area contributed by atoms with E-state index in [2.05, 4.69) is 11.1 Å². The van der Waals surface area contributed by atoms with Gasteiger partial charge in [-0.05, 0) is 62.1 Å². The summed E-state index contributed by atoms with van der Waals surface area (Å²) in [7, 11) is 0. The lowest BCUT2D eigenvalue weighted by molar-refractivity contribution is 0.0620. The summed E-state index contributed by atoms with van der Waals surface area (Å²) in [6.45, 7) is 3.73. The summed E-state index contributed by atoms with van der Waals surface area (Å²) < 4.78 is 17.4. The molecule has 0 atom stereocenters. The van der Waals surface area contributed by atoms with Crippen LogP contribution in [0.3, 0.4) is 0 Å². The number of benzene rings is 1. The molecule has 3 aromatic heterocycles. The average molecular weight is 473 g/mol. The molecule has 8 heteroatoms. The zero-order chi connectivity index (χ0) is 23.8. The van der Waals surface area contributed by atoms with Crippen molar-refractivity contribution in [1.29, 1.82) is 0 Å². The zero-order valence-electron chi connectivity index (χ0n) is 19.7. The molecule has 1 aliphatic carbocycles. The van der Waals surface area contributed by atoms with Gasteiger partial charge < -0.3 is 9.30 Å². The molecule has 0 saturated carbocycles. The van der Waals surface area contributed by atoms with Crippen molar-refractivity contribution >= 4 is 11.6 Å². The van der Waals surface area contributed by atoms with Crippen LogP contribution in [-0.4, -0.2) is 61.1 Å². The van der Waals surface area contributed by atoms with Gasteiger partial charge in [-0.2, -0.15) is 5.10 Å². The summed E-state index contributed by atoms with van der Waals surface area (Å²) in [6, 6.07) is 12.4. The fourth-order valence-corrected chi connectivity index (χ4v) is 5.29. The van der Waals surface area contributed by atoms with Crippen LogP contribution in [0.15, 0.2) is 54.9 Å². The third-order valence-corrected chi connectivity index (χ3v) is 7.16. The van der Waals surface area contributed by atoms with E-state index in [4.69, 9.17) is 10.1 Å². The minimum Gasteiger partial charge on any atom is -0.335 e. The third kappa shape index (κ3) is 4.34. The largest absolute Gasteiger partial charge is 0.335 e. The molecule has 7 nitrogen and oxygen atoms in total. The zero-order valence-corrected chi connectivity index (χ0v) is 19.7. The molecular formula is C27H29FN6O. The standard InChI is InChI=1S/C27H29FN6O/c28-20-9-11-22(12-10-20)34-24-7-3-1-2-6-23(24)26(30-34)27(35)32-16-14-31(15-17-32)18-21-19-33-13-5-4-8-25(33)29-21/h4-5,8-13,19H,1-3,6-7,14-18H2. The number of carbonyl (C=O) groups excluding carboxylic acids is 1. The second kappa shape index (κ2) is 9.26. The van der Waals surface area contributed by atoms with Crippen molar-refractivity contribution in [2.45, 2.75) is 38.6 Å². The third-order valence-electron chi connectivity index (χ3n) is 7.16. The minimum atomic E-state index is -0.273. The lowest BCUT2D eigenvalue weighted by Gasteiger charge is -2.34. The number of amides is 1. The minimum absolute atomic E-state index is 0.0105. The van der Waals surface area contributed by atoms with Gasteiger partial charge in [0, 0.05) is 56.4 Å². The van der Waals surface area contributed by atoms with Crippen LogP contribution in [0.2, 0.25) is 0 Å². The van der Waals surface area contributed by atoms with E-state index in [1.165, 1.54) is 12.1 Å². The van der Waals surface area contributed by atoms with E-state index in [0.29, 0.717) is 18.8 Å². The SMILES string of the molecule is O=C(c1nn(-c2ccc(F)cc2)c2c1CCCCC2)N1CCN(Cc2cn3ccccc3n2)CC1. The normalized spacial score (nSPS) is 16.9. The van der Waals surface area contributed by atoms with Crippen molar-refractivity contribution in [3.05, 3.63) is 83.3 Å². The summed E-state index contributed by atoms with van der Waals surface area (Å²) in [4.78, 5) is 22.6. The number of nitrogens with zero attached hydrogens (tertiary/aromatic N) is 6. The first kappa shape index (κ1) is 22.0. The van der Waals surface area contributed by atoms with Gasteiger partial charge in [-0.3, -0.25) is 9.69 Å². The Balaban J connectivity index is 1.19. The molecule has 1 saturated heterocycles. The Hall–Kier alpha value is -3.52. The van der Waals surface area contributed by atoms with Gasteiger partial charge in [0.1, 0.15) is 11.5 Å². The molecule has 1 fully saturated rings. The van der Waals surface area contributed by atoms with Gasteiger partial charge in [0.25, 0.3) is 5.91 Å². The van der Waals surface area contributed by atoms with Crippen molar-refractivity contribution in [3.63, 3.8) is 0 Å². The van der Waals surface area contributed by atoms with E-state index in [-0.39, 0.29) is 11.7 Å². The maximum Gasteiger partial charge on any atom is 0.274 e. The number of rotatable bonds is 4. The second-order valence-corrected chi connectivity index (χ2v) is 9.49. The van der Waals surface area contributed by atoms with E-state index in [9.17, 15) is 9.18 Å². The highest BCUT2D eigenvalue weighted by atomic mass is 19.1. The topological polar surface area (TPSA) is 58.7 Å². The van der Waals surface area contributed by atoms with Crippen LogP contribution in [0.4, 0.5) is 4.39 Å². The molecule has 180 valence electrons. The van der Waals surface area contributed by atoms with Gasteiger partial charge in [-0.1, -0.05) is 12.5 Å². The number of imidazole rings is 1. The Bertz CT molecular complexity index is 1320. The molecule has 0 radical (unpaired) electrons. The number of hydrogen-bond acceptors (Lipinski definition) is 4. The van der Waals surface area contributed by atoms with Crippen LogP contribution in [0.5, 0.6) is 0 Å². The van der Waals surface area contributed by atoms with Crippen molar-refractivity contribution in [2.24, 2.45) is 0 Å². The highest BCUT2D eigenvalue weighted by Gasteiger charge is 2.30. The second-order valence-electron chi connectivity index (χ2n) is 9.49. The highest BCUT2D eigenvalue weighted by molar-refractivity contribution is 5.94. The Morgan fingerprint density at radius 1 is 0.943 bits per heavy atom. The van der Waals surface area contributed by atoms with E-state index in [0.717, 1.165) is 80.0 Å².